The number of nitrogens with one attached hydrogen (secondary N) is 1. The molecule has 22 heavy (non-hydrogen) atoms. The maximum atomic E-state index is 11.9. The first-order valence-electron chi connectivity index (χ1n) is 6.56. The van der Waals surface area contributed by atoms with Crippen molar-refractivity contribution in [2.45, 2.75) is 13.0 Å². The lowest BCUT2D eigenvalue weighted by Gasteiger charge is -2.12. The number of hydrogen-bond acceptors (Lipinski definition) is 3. The molecule has 0 bridgehead atoms. The van der Waals surface area contributed by atoms with Crippen LogP contribution in [0.4, 0.5) is 0 Å². The largest absolute Gasteiger partial charge is 0.481 e. The molecule has 2 rings (SSSR count). The average Bonchev–Trinajstić information content (AvgIpc) is 2.51. The SMILES string of the molecule is C[C@H](Oc1ccc(Cl)cc1)C(=O)N/N=C\c1ccccc1Cl. The van der Waals surface area contributed by atoms with Crippen molar-refractivity contribution in [1.82, 2.24) is 5.43 Å². The van der Waals surface area contributed by atoms with Crippen molar-refractivity contribution in [3.8, 4) is 5.75 Å². The first kappa shape index (κ1) is 16.3. The molecule has 0 aliphatic rings. The topological polar surface area (TPSA) is 50.7 Å². The van der Waals surface area contributed by atoms with E-state index in [-0.39, 0.29) is 5.91 Å². The van der Waals surface area contributed by atoms with E-state index in [1.165, 1.54) is 6.21 Å². The van der Waals surface area contributed by atoms with Gasteiger partial charge in [0.1, 0.15) is 5.75 Å². The van der Waals surface area contributed by atoms with Gasteiger partial charge < -0.3 is 4.74 Å². The minimum Gasteiger partial charge on any atom is -0.481 e. The van der Waals surface area contributed by atoms with Crippen LogP contribution in [0.3, 0.4) is 0 Å². The van der Waals surface area contributed by atoms with Crippen molar-refractivity contribution >= 4 is 35.3 Å². The smallest absolute Gasteiger partial charge is 0.280 e. The van der Waals surface area contributed by atoms with Crippen LogP contribution in [0, 0.1) is 0 Å². The summed E-state index contributed by atoms with van der Waals surface area (Å²) in [7, 11) is 0. The highest BCUT2D eigenvalue weighted by Crippen LogP contribution is 2.16. The van der Waals surface area contributed by atoms with E-state index in [1.807, 2.05) is 12.1 Å². The molecule has 0 saturated heterocycles. The molecule has 0 heterocycles. The van der Waals surface area contributed by atoms with Gasteiger partial charge in [0.25, 0.3) is 5.91 Å². The molecular weight excluding hydrogens is 323 g/mol. The first-order chi connectivity index (χ1) is 10.6. The summed E-state index contributed by atoms with van der Waals surface area (Å²) in [6.07, 6.45) is 0.791. The molecule has 2 aromatic rings. The predicted molar refractivity (Wildman–Crippen MR) is 88.7 cm³/mol. The first-order valence-corrected chi connectivity index (χ1v) is 7.31. The fourth-order valence-corrected chi connectivity index (χ4v) is 1.92. The van der Waals surface area contributed by atoms with Crippen LogP contribution >= 0.6 is 23.2 Å². The van der Waals surface area contributed by atoms with E-state index < -0.39 is 6.10 Å². The average molecular weight is 337 g/mol. The Kier molecular flexibility index (Phi) is 5.81. The number of benzene rings is 2. The van der Waals surface area contributed by atoms with Crippen LogP contribution in [0.5, 0.6) is 5.75 Å². The van der Waals surface area contributed by atoms with Gasteiger partial charge in [0.15, 0.2) is 6.10 Å². The molecule has 0 radical (unpaired) electrons. The Morgan fingerprint density at radius 2 is 1.86 bits per heavy atom. The molecule has 4 nitrogen and oxygen atoms in total. The monoisotopic (exact) mass is 336 g/mol. The summed E-state index contributed by atoms with van der Waals surface area (Å²) in [6, 6.07) is 14.0. The Morgan fingerprint density at radius 3 is 2.55 bits per heavy atom. The molecular formula is C16H14Cl2N2O2. The Hall–Kier alpha value is -2.04. The molecule has 0 fully saturated rings. The van der Waals surface area contributed by atoms with Gasteiger partial charge in [-0.2, -0.15) is 5.10 Å². The third-order valence-electron chi connectivity index (χ3n) is 2.78. The van der Waals surface area contributed by atoms with Crippen LogP contribution in [0.2, 0.25) is 10.0 Å². The van der Waals surface area contributed by atoms with Crippen LogP contribution in [0.15, 0.2) is 53.6 Å². The number of hydrogen-bond donors (Lipinski definition) is 1. The molecule has 0 aromatic heterocycles. The normalized spacial score (nSPS) is 12.1. The van der Waals surface area contributed by atoms with E-state index in [4.69, 9.17) is 27.9 Å². The maximum absolute atomic E-state index is 11.9. The van der Waals surface area contributed by atoms with Crippen LogP contribution in [0.25, 0.3) is 0 Å². The number of ether oxygens (including phenoxy) is 1. The molecule has 0 aliphatic heterocycles. The number of halogens is 2. The zero-order valence-electron chi connectivity index (χ0n) is 11.8. The molecule has 1 N–H and O–H groups in total. The van der Waals surface area contributed by atoms with Gasteiger partial charge in [0.05, 0.1) is 6.21 Å². The molecule has 1 amide bonds. The van der Waals surface area contributed by atoms with Gasteiger partial charge in [0, 0.05) is 15.6 Å². The van der Waals surface area contributed by atoms with E-state index in [0.29, 0.717) is 15.8 Å². The molecule has 0 aliphatic carbocycles. The van der Waals surface area contributed by atoms with Gasteiger partial charge in [-0.25, -0.2) is 5.43 Å². The summed E-state index contributed by atoms with van der Waals surface area (Å²) >= 11 is 11.8. The predicted octanol–water partition coefficient (Wildman–Crippen LogP) is 3.91. The van der Waals surface area contributed by atoms with Crippen molar-refractivity contribution < 1.29 is 9.53 Å². The van der Waals surface area contributed by atoms with Crippen molar-refractivity contribution in [1.29, 1.82) is 0 Å². The van der Waals surface area contributed by atoms with Gasteiger partial charge in [0.2, 0.25) is 0 Å². The van der Waals surface area contributed by atoms with Crippen molar-refractivity contribution in [3.05, 3.63) is 64.1 Å². The molecule has 114 valence electrons. The lowest BCUT2D eigenvalue weighted by Crippen LogP contribution is -2.33. The molecule has 0 spiro atoms. The van der Waals surface area contributed by atoms with Crippen LogP contribution < -0.4 is 10.2 Å². The molecule has 0 saturated carbocycles. The number of carbonyl (C=O) groups excluding carboxylic acids is 1. The van der Waals surface area contributed by atoms with Gasteiger partial charge >= 0.3 is 0 Å². The summed E-state index contributed by atoms with van der Waals surface area (Å²) in [5, 5.41) is 5.04. The fourth-order valence-electron chi connectivity index (χ4n) is 1.61. The van der Waals surface area contributed by atoms with E-state index in [2.05, 4.69) is 10.5 Å². The fraction of sp³-hybridized carbons (Fsp3) is 0.125. The maximum Gasteiger partial charge on any atom is 0.280 e. The van der Waals surface area contributed by atoms with Crippen molar-refractivity contribution in [2.24, 2.45) is 5.10 Å². The van der Waals surface area contributed by atoms with E-state index in [1.54, 1.807) is 43.3 Å². The Bertz CT molecular complexity index is 672. The van der Waals surface area contributed by atoms with E-state index in [9.17, 15) is 4.79 Å². The molecule has 1 atom stereocenters. The van der Waals surface area contributed by atoms with Gasteiger partial charge in [-0.1, -0.05) is 41.4 Å². The highest BCUT2D eigenvalue weighted by molar-refractivity contribution is 6.33. The molecule has 2 aromatic carbocycles. The van der Waals surface area contributed by atoms with Gasteiger partial charge in [-0.05, 0) is 37.3 Å². The zero-order chi connectivity index (χ0) is 15.9. The summed E-state index contributed by atoms with van der Waals surface area (Å²) in [5.41, 5.74) is 3.13. The quantitative estimate of drug-likeness (QED) is 0.664. The summed E-state index contributed by atoms with van der Waals surface area (Å²) in [4.78, 5) is 11.9. The van der Waals surface area contributed by atoms with Gasteiger partial charge in [-0.15, -0.1) is 0 Å². The zero-order valence-corrected chi connectivity index (χ0v) is 13.3. The van der Waals surface area contributed by atoms with Crippen molar-refractivity contribution in [2.75, 3.05) is 0 Å². The number of rotatable bonds is 5. The highest BCUT2D eigenvalue weighted by atomic mass is 35.5. The lowest BCUT2D eigenvalue weighted by atomic mass is 10.2. The number of nitrogens with zero attached hydrogens (tertiary/aromatic N) is 1. The standard InChI is InChI=1S/C16H14Cl2N2O2/c1-11(22-14-8-6-13(17)7-9-14)16(21)20-19-10-12-4-2-3-5-15(12)18/h2-11H,1H3,(H,20,21)/b19-10-/t11-/m0/s1. The number of hydrazone groups is 1. The minimum atomic E-state index is -0.690. The third kappa shape index (κ3) is 4.76. The molecule has 0 unspecified atom stereocenters. The van der Waals surface area contributed by atoms with Crippen LogP contribution in [0.1, 0.15) is 12.5 Å². The van der Waals surface area contributed by atoms with Crippen molar-refractivity contribution in [3.63, 3.8) is 0 Å². The lowest BCUT2D eigenvalue weighted by molar-refractivity contribution is -0.127. The second-order valence-corrected chi connectivity index (χ2v) is 5.31. The second kappa shape index (κ2) is 7.82. The number of carbonyl (C=O) groups is 1. The summed E-state index contributed by atoms with van der Waals surface area (Å²) in [6.45, 7) is 1.63. The van der Waals surface area contributed by atoms with E-state index in [0.717, 1.165) is 5.56 Å². The van der Waals surface area contributed by atoms with Crippen LogP contribution in [-0.2, 0) is 4.79 Å². The van der Waals surface area contributed by atoms with E-state index >= 15 is 0 Å². The second-order valence-electron chi connectivity index (χ2n) is 4.47. The summed E-state index contributed by atoms with van der Waals surface area (Å²) < 4.78 is 5.49. The van der Waals surface area contributed by atoms with Gasteiger partial charge in [-0.3, -0.25) is 4.79 Å². The Balaban J connectivity index is 1.89. The van der Waals surface area contributed by atoms with Crippen LogP contribution in [-0.4, -0.2) is 18.2 Å². The minimum absolute atomic E-state index is 0.363. The Labute approximate surface area is 138 Å². The highest BCUT2D eigenvalue weighted by Gasteiger charge is 2.13. The summed E-state index contributed by atoms with van der Waals surface area (Å²) in [5.74, 6) is 0.195. The third-order valence-corrected chi connectivity index (χ3v) is 3.38. The Morgan fingerprint density at radius 1 is 1.18 bits per heavy atom. The molecule has 6 heteroatoms. The number of amides is 1.